The number of methoxy groups -OCH3 is 1. The van der Waals surface area contributed by atoms with Crippen molar-refractivity contribution in [3.8, 4) is 0 Å². The van der Waals surface area contributed by atoms with Crippen molar-refractivity contribution in [2.75, 3.05) is 14.2 Å². The Kier molecular flexibility index (Phi) is 4.79. The monoisotopic (exact) mass is 296 g/mol. The molecule has 9 nitrogen and oxygen atoms in total. The molecule has 0 amide bonds. The number of aliphatic hydroxyl groups excluding tert-OH is 1. The van der Waals surface area contributed by atoms with Gasteiger partial charge in [-0.3, -0.25) is 19.8 Å². The summed E-state index contributed by atoms with van der Waals surface area (Å²) in [6.07, 6.45) is 0. The third-order valence-corrected chi connectivity index (χ3v) is 2.92. The Bertz CT molecular complexity index is 657. The molecule has 0 aliphatic rings. The minimum absolute atomic E-state index is 0.124. The van der Waals surface area contributed by atoms with Gasteiger partial charge in [-0.2, -0.15) is 5.10 Å². The summed E-state index contributed by atoms with van der Waals surface area (Å²) in [5.74, 6) is -1.44. The molecular formula is C12H16N4O5. The maximum absolute atomic E-state index is 11.8. The lowest BCUT2D eigenvalue weighted by Gasteiger charge is -2.08. The van der Waals surface area contributed by atoms with E-state index in [0.717, 1.165) is 11.8 Å². The fraction of sp³-hybridized carbons (Fsp3) is 0.417. The van der Waals surface area contributed by atoms with E-state index >= 15 is 0 Å². The molecule has 0 aromatic carbocycles. The predicted molar refractivity (Wildman–Crippen MR) is 75.2 cm³/mol. The third-order valence-electron chi connectivity index (χ3n) is 2.92. The van der Waals surface area contributed by atoms with Crippen LogP contribution in [0.1, 0.15) is 18.3 Å². The van der Waals surface area contributed by atoms with Gasteiger partial charge in [0.1, 0.15) is 11.3 Å². The second kappa shape index (κ2) is 6.16. The number of aromatic nitrogens is 2. The first-order valence-electron chi connectivity index (χ1n) is 5.89. The summed E-state index contributed by atoms with van der Waals surface area (Å²) in [7, 11) is 3.99. The molecule has 1 heterocycles. The number of aryl methyl sites for hydroxylation is 2. The van der Waals surface area contributed by atoms with Crippen LogP contribution in [0.3, 0.4) is 0 Å². The summed E-state index contributed by atoms with van der Waals surface area (Å²) >= 11 is 0. The maximum atomic E-state index is 11.8. The summed E-state index contributed by atoms with van der Waals surface area (Å²) in [6.45, 7) is 2.92. The molecule has 0 spiro atoms. The number of esters is 1. The van der Waals surface area contributed by atoms with Crippen LogP contribution in [0.5, 0.6) is 0 Å². The minimum atomic E-state index is -0.844. The molecule has 1 aromatic heterocycles. The second-order valence-corrected chi connectivity index (χ2v) is 4.19. The van der Waals surface area contributed by atoms with Crippen molar-refractivity contribution in [1.82, 2.24) is 9.78 Å². The Morgan fingerprint density at radius 2 is 2.10 bits per heavy atom. The lowest BCUT2D eigenvalue weighted by molar-refractivity contribution is -0.385. The number of carbonyl (C=O) groups excluding carboxylic acids is 1. The van der Waals surface area contributed by atoms with E-state index in [0.29, 0.717) is 0 Å². The van der Waals surface area contributed by atoms with E-state index in [-0.39, 0.29) is 28.4 Å². The van der Waals surface area contributed by atoms with Crippen LogP contribution in [-0.2, 0) is 16.6 Å². The lowest BCUT2D eigenvalue weighted by atomic mass is 10.1. The Morgan fingerprint density at radius 1 is 1.52 bits per heavy atom. The molecule has 0 bridgehead atoms. The van der Waals surface area contributed by atoms with Crippen molar-refractivity contribution in [1.29, 1.82) is 0 Å². The number of hydrogen-bond acceptors (Lipinski definition) is 7. The predicted octanol–water partition coefficient (Wildman–Crippen LogP) is 1.17. The number of nitrogens with zero attached hydrogens (tertiary/aromatic N) is 4. The highest BCUT2D eigenvalue weighted by Crippen LogP contribution is 2.29. The average Bonchev–Trinajstić information content (AvgIpc) is 2.72. The molecule has 114 valence electrons. The van der Waals surface area contributed by atoms with Gasteiger partial charge in [-0.15, -0.1) is 0 Å². The van der Waals surface area contributed by atoms with Gasteiger partial charge in [0.2, 0.25) is 0 Å². The molecule has 0 unspecified atom stereocenters. The van der Waals surface area contributed by atoms with Crippen LogP contribution >= 0.6 is 0 Å². The van der Waals surface area contributed by atoms with Crippen LogP contribution in [0.4, 0.5) is 5.69 Å². The molecule has 1 N–H and O–H groups in total. The molecular weight excluding hydrogens is 280 g/mol. The lowest BCUT2D eigenvalue weighted by Crippen LogP contribution is -2.16. The Hall–Kier alpha value is -2.71. The highest BCUT2D eigenvalue weighted by atomic mass is 16.6. The molecule has 9 heteroatoms. The Labute approximate surface area is 120 Å². The van der Waals surface area contributed by atoms with E-state index in [9.17, 15) is 20.0 Å². The molecule has 0 saturated heterocycles. The van der Waals surface area contributed by atoms with E-state index in [2.05, 4.69) is 14.8 Å². The number of nitro groups is 1. The number of aliphatic imine (C=N–C) groups is 1. The average molecular weight is 296 g/mol. The fourth-order valence-corrected chi connectivity index (χ4v) is 1.88. The standard InChI is InChI=1S/C12H16N4O5/c1-6(13-3)8(12(18)21-5)11(17)10-9(16(19)20)7(2)14-15(10)4/h17H,1-5H3. The fourth-order valence-electron chi connectivity index (χ4n) is 1.88. The molecule has 0 atom stereocenters. The van der Waals surface area contributed by atoms with Crippen molar-refractivity contribution >= 4 is 23.1 Å². The van der Waals surface area contributed by atoms with Gasteiger partial charge < -0.3 is 9.84 Å². The topological polar surface area (TPSA) is 120 Å². The second-order valence-electron chi connectivity index (χ2n) is 4.19. The van der Waals surface area contributed by atoms with Gasteiger partial charge in [0.15, 0.2) is 11.5 Å². The molecule has 1 aromatic rings. The van der Waals surface area contributed by atoms with Gasteiger partial charge in [0, 0.05) is 19.8 Å². The van der Waals surface area contributed by atoms with Crippen molar-refractivity contribution in [3.63, 3.8) is 0 Å². The first-order chi connectivity index (χ1) is 9.76. The Balaban J connectivity index is 3.74. The van der Waals surface area contributed by atoms with Crippen molar-refractivity contribution in [3.05, 3.63) is 27.1 Å². The Morgan fingerprint density at radius 3 is 2.52 bits per heavy atom. The van der Waals surface area contributed by atoms with Crippen LogP contribution in [0.25, 0.3) is 5.76 Å². The van der Waals surface area contributed by atoms with Gasteiger partial charge in [-0.25, -0.2) is 4.79 Å². The van der Waals surface area contributed by atoms with E-state index in [1.807, 2.05) is 0 Å². The van der Waals surface area contributed by atoms with Crippen LogP contribution in [0.15, 0.2) is 10.6 Å². The molecule has 0 aliphatic carbocycles. The van der Waals surface area contributed by atoms with Crippen molar-refractivity contribution in [2.24, 2.45) is 12.0 Å². The molecule has 0 radical (unpaired) electrons. The van der Waals surface area contributed by atoms with E-state index < -0.39 is 16.7 Å². The van der Waals surface area contributed by atoms with Gasteiger partial charge in [0.05, 0.1) is 12.0 Å². The summed E-state index contributed by atoms with van der Waals surface area (Å²) < 4.78 is 5.72. The maximum Gasteiger partial charge on any atom is 0.343 e. The van der Waals surface area contributed by atoms with Crippen LogP contribution in [-0.4, -0.2) is 45.6 Å². The summed E-state index contributed by atoms with van der Waals surface area (Å²) in [4.78, 5) is 26.1. The summed E-state index contributed by atoms with van der Waals surface area (Å²) in [5.41, 5.74) is -0.487. The molecule has 0 saturated carbocycles. The zero-order valence-corrected chi connectivity index (χ0v) is 12.4. The van der Waals surface area contributed by atoms with Gasteiger partial charge in [0.25, 0.3) is 0 Å². The van der Waals surface area contributed by atoms with Gasteiger partial charge >= 0.3 is 11.7 Å². The minimum Gasteiger partial charge on any atom is -0.505 e. The quantitative estimate of drug-likeness (QED) is 0.222. The smallest absolute Gasteiger partial charge is 0.343 e. The van der Waals surface area contributed by atoms with Gasteiger partial charge in [-0.1, -0.05) is 0 Å². The van der Waals surface area contributed by atoms with Crippen LogP contribution < -0.4 is 0 Å². The zero-order chi connectivity index (χ0) is 16.3. The van der Waals surface area contributed by atoms with Gasteiger partial charge in [-0.05, 0) is 13.8 Å². The number of hydrogen-bond donors (Lipinski definition) is 1. The molecule has 0 aliphatic heterocycles. The van der Waals surface area contributed by atoms with Crippen molar-refractivity contribution < 1.29 is 19.6 Å². The number of ether oxygens (including phenoxy) is 1. The van der Waals surface area contributed by atoms with Crippen molar-refractivity contribution in [2.45, 2.75) is 13.8 Å². The number of aliphatic hydroxyl groups is 1. The highest BCUT2D eigenvalue weighted by molar-refractivity contribution is 6.23. The van der Waals surface area contributed by atoms with Crippen LogP contribution in [0.2, 0.25) is 0 Å². The molecule has 21 heavy (non-hydrogen) atoms. The first-order valence-corrected chi connectivity index (χ1v) is 5.89. The highest BCUT2D eigenvalue weighted by Gasteiger charge is 2.31. The molecule has 0 fully saturated rings. The SMILES string of the molecule is CN=C(C)C(C(=O)OC)=C(O)c1c([N+](=O)[O-])c(C)nn1C. The van der Waals surface area contributed by atoms with E-state index in [4.69, 9.17) is 0 Å². The van der Waals surface area contributed by atoms with Crippen LogP contribution in [0, 0.1) is 17.0 Å². The molecule has 1 rings (SSSR count). The van der Waals surface area contributed by atoms with E-state index in [1.165, 1.54) is 27.9 Å². The number of rotatable bonds is 4. The summed E-state index contributed by atoms with van der Waals surface area (Å²) in [6, 6.07) is 0. The number of carbonyl (C=O) groups is 1. The van der Waals surface area contributed by atoms with E-state index in [1.54, 1.807) is 0 Å². The first kappa shape index (κ1) is 16.3. The zero-order valence-electron chi connectivity index (χ0n) is 12.4. The summed E-state index contributed by atoms with van der Waals surface area (Å²) in [5, 5.41) is 25.4. The third kappa shape index (κ3) is 2.91. The largest absolute Gasteiger partial charge is 0.505 e. The normalized spacial score (nSPS) is 12.9.